The number of ether oxygens (including phenoxy) is 1. The van der Waals surface area contributed by atoms with E-state index in [0.29, 0.717) is 13.0 Å². The molecule has 4 bridgehead atoms. The highest BCUT2D eigenvalue weighted by molar-refractivity contribution is 5.92. The van der Waals surface area contributed by atoms with Crippen LogP contribution in [0.3, 0.4) is 0 Å². The van der Waals surface area contributed by atoms with Gasteiger partial charge in [-0.05, 0) is 100 Å². The molecule has 0 aromatic heterocycles. The van der Waals surface area contributed by atoms with Crippen molar-refractivity contribution in [1.29, 1.82) is 0 Å². The van der Waals surface area contributed by atoms with Gasteiger partial charge in [0, 0.05) is 18.2 Å². The first-order valence-electron chi connectivity index (χ1n) is 10.7. The minimum Gasteiger partial charge on any atom is -0.493 e. The van der Waals surface area contributed by atoms with Gasteiger partial charge in [-0.3, -0.25) is 4.79 Å². The third-order valence-corrected chi connectivity index (χ3v) is 7.02. The molecule has 148 valence electrons. The summed E-state index contributed by atoms with van der Waals surface area (Å²) in [4.78, 5) is 12.9. The molecule has 0 atom stereocenters. The van der Waals surface area contributed by atoms with Crippen molar-refractivity contribution < 1.29 is 9.53 Å². The molecule has 1 aromatic carbocycles. The first-order chi connectivity index (χ1) is 13.0. The zero-order valence-corrected chi connectivity index (χ0v) is 16.9. The highest BCUT2D eigenvalue weighted by Gasteiger charge is 2.51. The maximum atomic E-state index is 12.9. The smallest absolute Gasteiger partial charge is 0.224 e. The molecule has 1 amide bonds. The predicted octanol–water partition coefficient (Wildman–Crippen LogP) is 4.53. The van der Waals surface area contributed by atoms with E-state index in [2.05, 4.69) is 10.6 Å². The second kappa shape index (κ2) is 7.83. The van der Waals surface area contributed by atoms with Crippen LogP contribution in [0.1, 0.15) is 56.9 Å². The van der Waals surface area contributed by atoms with E-state index in [9.17, 15) is 4.79 Å². The summed E-state index contributed by atoms with van der Waals surface area (Å²) in [6.45, 7) is 3.68. The third kappa shape index (κ3) is 4.31. The largest absolute Gasteiger partial charge is 0.493 e. The first kappa shape index (κ1) is 18.8. The fourth-order valence-electron chi connectivity index (χ4n) is 6.31. The molecule has 1 aromatic rings. The summed E-state index contributed by atoms with van der Waals surface area (Å²) in [6.07, 6.45) is 9.77. The van der Waals surface area contributed by atoms with E-state index in [4.69, 9.17) is 4.74 Å². The SMILES string of the molecule is CNCCCOc1ccc(C)c(NC(=O)CC23CC4CC(CC(C4)C2)C3)c1. The number of carbonyl (C=O) groups is 1. The van der Waals surface area contributed by atoms with Crippen LogP contribution >= 0.6 is 0 Å². The number of nitrogens with one attached hydrogen (secondary N) is 2. The standard InChI is InChI=1S/C23H34N2O2/c1-16-4-5-20(27-7-3-6-24-2)11-21(16)25-22(26)15-23-12-17-8-18(13-23)10-19(9-17)14-23/h4-5,11,17-19,24H,3,6-10,12-15H2,1-2H3,(H,25,26). The number of aryl methyl sites for hydroxylation is 1. The van der Waals surface area contributed by atoms with E-state index in [1.54, 1.807) is 0 Å². The number of carbonyl (C=O) groups excluding carboxylic acids is 1. The Balaban J connectivity index is 1.36. The van der Waals surface area contributed by atoms with Gasteiger partial charge >= 0.3 is 0 Å². The fourth-order valence-corrected chi connectivity index (χ4v) is 6.31. The topological polar surface area (TPSA) is 50.4 Å². The lowest BCUT2D eigenvalue weighted by Crippen LogP contribution is -2.47. The highest BCUT2D eigenvalue weighted by atomic mass is 16.5. The Morgan fingerprint density at radius 2 is 1.81 bits per heavy atom. The highest BCUT2D eigenvalue weighted by Crippen LogP contribution is 2.61. The van der Waals surface area contributed by atoms with E-state index < -0.39 is 0 Å². The average Bonchev–Trinajstić information content (AvgIpc) is 2.59. The molecule has 0 spiro atoms. The van der Waals surface area contributed by atoms with Crippen molar-refractivity contribution in [2.75, 3.05) is 25.5 Å². The van der Waals surface area contributed by atoms with Crippen LogP contribution in [0.4, 0.5) is 5.69 Å². The molecule has 27 heavy (non-hydrogen) atoms. The number of hydrogen-bond donors (Lipinski definition) is 2. The number of benzene rings is 1. The van der Waals surface area contributed by atoms with Crippen LogP contribution in [0, 0.1) is 30.1 Å². The molecular weight excluding hydrogens is 336 g/mol. The van der Waals surface area contributed by atoms with Crippen molar-refractivity contribution in [2.24, 2.45) is 23.2 Å². The summed E-state index contributed by atoms with van der Waals surface area (Å²) in [5.74, 6) is 3.69. The van der Waals surface area contributed by atoms with Gasteiger partial charge < -0.3 is 15.4 Å². The van der Waals surface area contributed by atoms with Gasteiger partial charge in [0.2, 0.25) is 5.91 Å². The van der Waals surface area contributed by atoms with Crippen LogP contribution in [-0.2, 0) is 4.79 Å². The molecule has 4 fully saturated rings. The molecular formula is C23H34N2O2. The Morgan fingerprint density at radius 3 is 2.44 bits per heavy atom. The molecule has 0 radical (unpaired) electrons. The number of rotatable bonds is 8. The number of hydrogen-bond acceptors (Lipinski definition) is 3. The lowest BCUT2D eigenvalue weighted by atomic mass is 9.49. The lowest BCUT2D eigenvalue weighted by Gasteiger charge is -2.56. The Kier molecular flexibility index (Phi) is 5.45. The quantitative estimate of drug-likeness (QED) is 0.661. The van der Waals surface area contributed by atoms with E-state index in [0.717, 1.165) is 47.7 Å². The number of anilines is 1. The van der Waals surface area contributed by atoms with Gasteiger partial charge in [-0.2, -0.15) is 0 Å². The summed E-state index contributed by atoms with van der Waals surface area (Å²) in [5, 5.41) is 6.32. The van der Waals surface area contributed by atoms with Crippen molar-refractivity contribution in [3.8, 4) is 5.75 Å². The fraction of sp³-hybridized carbons (Fsp3) is 0.696. The van der Waals surface area contributed by atoms with Gasteiger partial charge in [-0.15, -0.1) is 0 Å². The van der Waals surface area contributed by atoms with E-state index >= 15 is 0 Å². The van der Waals surface area contributed by atoms with Crippen molar-refractivity contribution >= 4 is 11.6 Å². The molecule has 4 aliphatic rings. The maximum absolute atomic E-state index is 12.9. The zero-order chi connectivity index (χ0) is 18.9. The number of amides is 1. The van der Waals surface area contributed by atoms with E-state index in [1.165, 1.54) is 38.5 Å². The molecule has 4 saturated carbocycles. The third-order valence-electron chi connectivity index (χ3n) is 7.02. The van der Waals surface area contributed by atoms with E-state index in [-0.39, 0.29) is 11.3 Å². The van der Waals surface area contributed by atoms with E-state index in [1.807, 2.05) is 32.2 Å². The molecule has 0 heterocycles. The Hall–Kier alpha value is -1.55. The molecule has 0 unspecified atom stereocenters. The van der Waals surface area contributed by atoms with Crippen molar-refractivity contribution in [3.63, 3.8) is 0 Å². The summed E-state index contributed by atoms with van der Waals surface area (Å²) < 4.78 is 5.83. The monoisotopic (exact) mass is 370 g/mol. The summed E-state index contributed by atoms with van der Waals surface area (Å²) in [5.41, 5.74) is 2.28. The van der Waals surface area contributed by atoms with Gasteiger partial charge in [0.1, 0.15) is 5.75 Å². The van der Waals surface area contributed by atoms with Crippen molar-refractivity contribution in [1.82, 2.24) is 5.32 Å². The minimum atomic E-state index is 0.187. The molecule has 0 aliphatic heterocycles. The maximum Gasteiger partial charge on any atom is 0.224 e. The molecule has 0 saturated heterocycles. The first-order valence-corrected chi connectivity index (χ1v) is 10.7. The second-order valence-electron chi connectivity index (χ2n) is 9.42. The second-order valence-corrected chi connectivity index (χ2v) is 9.42. The van der Waals surface area contributed by atoms with Crippen LogP contribution in [0.2, 0.25) is 0 Å². The predicted molar refractivity (Wildman–Crippen MR) is 109 cm³/mol. The summed E-state index contributed by atoms with van der Waals surface area (Å²) in [6, 6.07) is 6.00. The van der Waals surface area contributed by atoms with Crippen LogP contribution in [0.15, 0.2) is 18.2 Å². The normalized spacial score (nSPS) is 31.1. The summed E-state index contributed by atoms with van der Waals surface area (Å²) in [7, 11) is 1.95. The van der Waals surface area contributed by atoms with Crippen LogP contribution in [0.25, 0.3) is 0 Å². The van der Waals surface area contributed by atoms with Gasteiger partial charge in [0.15, 0.2) is 0 Å². The van der Waals surface area contributed by atoms with Crippen LogP contribution in [0.5, 0.6) is 5.75 Å². The molecule has 2 N–H and O–H groups in total. The van der Waals surface area contributed by atoms with Crippen molar-refractivity contribution in [3.05, 3.63) is 23.8 Å². The average molecular weight is 371 g/mol. The molecule has 4 aliphatic carbocycles. The van der Waals surface area contributed by atoms with Crippen LogP contribution in [-0.4, -0.2) is 26.1 Å². The Morgan fingerprint density at radius 1 is 1.15 bits per heavy atom. The Bertz CT molecular complexity index is 650. The van der Waals surface area contributed by atoms with Gasteiger partial charge in [-0.1, -0.05) is 6.07 Å². The molecule has 4 heteroatoms. The summed E-state index contributed by atoms with van der Waals surface area (Å²) >= 11 is 0. The molecule has 4 nitrogen and oxygen atoms in total. The van der Waals surface area contributed by atoms with Crippen molar-refractivity contribution in [2.45, 2.75) is 58.3 Å². The van der Waals surface area contributed by atoms with Crippen LogP contribution < -0.4 is 15.4 Å². The minimum absolute atomic E-state index is 0.187. The van der Waals surface area contributed by atoms with Gasteiger partial charge in [0.05, 0.1) is 6.61 Å². The van der Waals surface area contributed by atoms with Gasteiger partial charge in [-0.25, -0.2) is 0 Å². The lowest BCUT2D eigenvalue weighted by molar-refractivity contribution is -0.124. The molecule has 5 rings (SSSR count). The zero-order valence-electron chi connectivity index (χ0n) is 16.9. The van der Waals surface area contributed by atoms with Gasteiger partial charge in [0.25, 0.3) is 0 Å². The Labute approximate surface area is 163 Å².